The van der Waals surface area contributed by atoms with Crippen molar-refractivity contribution in [3.8, 4) is 28.7 Å². The molecule has 3 aliphatic rings. The largest absolute Gasteiger partial charge is 0.493 e. The Balaban J connectivity index is 1.33. The molecule has 192 valence electrons. The van der Waals surface area contributed by atoms with Gasteiger partial charge in [0.1, 0.15) is 0 Å². The van der Waals surface area contributed by atoms with Gasteiger partial charge in [-0.05, 0) is 54.2 Å². The third-order valence-corrected chi connectivity index (χ3v) is 7.06. The molecule has 2 aromatic rings. The Labute approximate surface area is 213 Å². The van der Waals surface area contributed by atoms with Crippen molar-refractivity contribution < 1.29 is 38.1 Å². The maximum absolute atomic E-state index is 12.9. The number of rotatable bonds is 8. The third-order valence-electron chi connectivity index (χ3n) is 7.06. The molecule has 5 rings (SSSR count). The van der Waals surface area contributed by atoms with Gasteiger partial charge in [0.05, 0.1) is 52.1 Å². The van der Waals surface area contributed by atoms with Crippen LogP contribution in [0.2, 0.25) is 0 Å². The summed E-state index contributed by atoms with van der Waals surface area (Å²) in [4.78, 5) is 38.5. The van der Waals surface area contributed by atoms with E-state index in [1.165, 1.54) is 46.8 Å². The van der Waals surface area contributed by atoms with Crippen molar-refractivity contribution >= 4 is 24.0 Å². The fraction of sp³-hybridized carbons (Fsp3) is 0.333. The summed E-state index contributed by atoms with van der Waals surface area (Å²) in [6.45, 7) is 0. The van der Waals surface area contributed by atoms with E-state index in [1.54, 1.807) is 18.2 Å². The number of esters is 1. The van der Waals surface area contributed by atoms with Gasteiger partial charge in [-0.25, -0.2) is 4.79 Å². The summed E-state index contributed by atoms with van der Waals surface area (Å²) in [6, 6.07) is 7.75. The maximum Gasteiger partial charge on any atom is 0.343 e. The highest BCUT2D eigenvalue weighted by molar-refractivity contribution is 6.06. The Morgan fingerprint density at radius 1 is 0.838 bits per heavy atom. The number of methoxy groups -OCH3 is 4. The van der Waals surface area contributed by atoms with E-state index < -0.39 is 5.97 Å². The highest BCUT2D eigenvalue weighted by Crippen LogP contribution is 2.52. The van der Waals surface area contributed by atoms with Gasteiger partial charge in [0.25, 0.3) is 11.8 Å². The summed E-state index contributed by atoms with van der Waals surface area (Å²) in [5.41, 5.74) is 0.741. The fourth-order valence-electron chi connectivity index (χ4n) is 5.33. The molecular weight excluding hydrogens is 480 g/mol. The van der Waals surface area contributed by atoms with Crippen molar-refractivity contribution in [1.29, 1.82) is 0 Å². The Morgan fingerprint density at radius 3 is 1.97 bits per heavy atom. The van der Waals surface area contributed by atoms with Gasteiger partial charge in [0, 0.05) is 0 Å². The molecule has 4 atom stereocenters. The van der Waals surface area contributed by atoms with Crippen molar-refractivity contribution in [2.24, 2.45) is 28.8 Å². The lowest BCUT2D eigenvalue weighted by molar-refractivity contribution is -0.140. The molecule has 0 N–H and O–H groups in total. The number of ether oxygens (including phenoxy) is 5. The Hall–Kier alpha value is -4.34. The SMILES string of the molecule is COc1cc(C=NN2C(=O)[C@@H]3[C@H](C2=O)[C@H]2C=C[C@H]3C2)ccc1OC(=O)c1cc(OC)c(OC)c(OC)c1. The standard InChI is InChI=1S/C27H26N2O8/c1-33-19-9-14(13-28-29-25(30)22-15-6-7-16(10-15)23(22)26(29)31)5-8-18(19)37-27(32)17-11-20(34-2)24(36-4)21(12-17)35-3/h5-9,11-13,15-16,22-23H,10H2,1-4H3/t15-,16-,22-,23+/m0/s1. The van der Waals surface area contributed by atoms with Crippen LogP contribution in [0.3, 0.4) is 0 Å². The molecule has 0 spiro atoms. The smallest absolute Gasteiger partial charge is 0.343 e. The first-order chi connectivity index (χ1) is 17.9. The number of benzene rings is 2. The fourth-order valence-corrected chi connectivity index (χ4v) is 5.33. The van der Waals surface area contributed by atoms with Gasteiger partial charge in [-0.2, -0.15) is 10.1 Å². The number of fused-ring (bicyclic) bond motifs is 5. The van der Waals surface area contributed by atoms with E-state index in [-0.39, 0.29) is 52.5 Å². The van der Waals surface area contributed by atoms with Gasteiger partial charge in [-0.3, -0.25) is 9.59 Å². The van der Waals surface area contributed by atoms with E-state index in [1.807, 2.05) is 12.2 Å². The second-order valence-corrected chi connectivity index (χ2v) is 8.95. The molecule has 2 aromatic carbocycles. The van der Waals surface area contributed by atoms with Gasteiger partial charge in [-0.15, -0.1) is 0 Å². The van der Waals surface area contributed by atoms with Crippen LogP contribution in [0.5, 0.6) is 28.7 Å². The predicted molar refractivity (Wildman–Crippen MR) is 131 cm³/mol. The van der Waals surface area contributed by atoms with E-state index in [0.717, 1.165) is 11.4 Å². The average Bonchev–Trinajstić information content (AvgIpc) is 3.60. The van der Waals surface area contributed by atoms with Gasteiger partial charge >= 0.3 is 5.97 Å². The zero-order valence-corrected chi connectivity index (χ0v) is 20.8. The Morgan fingerprint density at radius 2 is 1.43 bits per heavy atom. The van der Waals surface area contributed by atoms with Crippen molar-refractivity contribution in [3.05, 3.63) is 53.6 Å². The van der Waals surface area contributed by atoms with Crippen LogP contribution in [0.25, 0.3) is 0 Å². The number of carbonyl (C=O) groups excluding carboxylic acids is 3. The molecule has 2 amide bonds. The van der Waals surface area contributed by atoms with Crippen LogP contribution in [0.15, 0.2) is 47.6 Å². The molecule has 1 saturated carbocycles. The first kappa shape index (κ1) is 24.4. The Kier molecular flexibility index (Phi) is 6.32. The third kappa shape index (κ3) is 4.08. The molecule has 2 aliphatic carbocycles. The Bertz CT molecular complexity index is 1280. The van der Waals surface area contributed by atoms with Crippen LogP contribution >= 0.6 is 0 Å². The minimum atomic E-state index is -0.665. The zero-order chi connectivity index (χ0) is 26.3. The lowest BCUT2D eigenvalue weighted by Gasteiger charge is -2.14. The second kappa shape index (κ2) is 9.61. The van der Waals surface area contributed by atoms with Crippen LogP contribution in [0, 0.1) is 23.7 Å². The van der Waals surface area contributed by atoms with Crippen LogP contribution in [-0.2, 0) is 9.59 Å². The summed E-state index contributed by atoms with van der Waals surface area (Å²) in [7, 11) is 5.81. The van der Waals surface area contributed by atoms with E-state index in [0.29, 0.717) is 22.8 Å². The molecule has 2 bridgehead atoms. The second-order valence-electron chi connectivity index (χ2n) is 8.95. The van der Waals surface area contributed by atoms with E-state index in [2.05, 4.69) is 5.10 Å². The molecule has 10 heteroatoms. The van der Waals surface area contributed by atoms with Crippen LogP contribution in [-0.4, -0.2) is 57.4 Å². The van der Waals surface area contributed by atoms with Gasteiger partial charge in [-0.1, -0.05) is 12.2 Å². The molecule has 10 nitrogen and oxygen atoms in total. The first-order valence-corrected chi connectivity index (χ1v) is 11.7. The van der Waals surface area contributed by atoms with E-state index in [4.69, 9.17) is 23.7 Å². The van der Waals surface area contributed by atoms with E-state index in [9.17, 15) is 14.4 Å². The molecule has 1 aliphatic heterocycles. The lowest BCUT2D eigenvalue weighted by Crippen LogP contribution is -2.28. The molecule has 37 heavy (non-hydrogen) atoms. The number of hydrogen-bond acceptors (Lipinski definition) is 9. The average molecular weight is 507 g/mol. The van der Waals surface area contributed by atoms with Crippen molar-refractivity contribution in [1.82, 2.24) is 5.01 Å². The molecule has 1 saturated heterocycles. The minimum absolute atomic E-state index is 0.117. The quantitative estimate of drug-likeness (QED) is 0.177. The number of carbonyl (C=O) groups is 3. The molecule has 2 fully saturated rings. The molecule has 0 unspecified atom stereocenters. The van der Waals surface area contributed by atoms with Crippen LogP contribution < -0.4 is 23.7 Å². The van der Waals surface area contributed by atoms with Crippen molar-refractivity contribution in [3.63, 3.8) is 0 Å². The monoisotopic (exact) mass is 506 g/mol. The predicted octanol–water partition coefficient (Wildman–Crippen LogP) is 3.08. The summed E-state index contributed by atoms with van der Waals surface area (Å²) in [5.74, 6) is -0.163. The summed E-state index contributed by atoms with van der Waals surface area (Å²) in [6.07, 6.45) is 6.34. The molecule has 1 heterocycles. The van der Waals surface area contributed by atoms with Gasteiger partial charge < -0.3 is 23.7 Å². The molecule has 0 radical (unpaired) electrons. The van der Waals surface area contributed by atoms with E-state index >= 15 is 0 Å². The first-order valence-electron chi connectivity index (χ1n) is 11.7. The summed E-state index contributed by atoms with van der Waals surface area (Å²) >= 11 is 0. The molecular formula is C27H26N2O8. The highest BCUT2D eigenvalue weighted by atomic mass is 16.6. The van der Waals surface area contributed by atoms with Crippen LogP contribution in [0.4, 0.5) is 0 Å². The highest BCUT2D eigenvalue weighted by Gasteiger charge is 2.59. The summed E-state index contributed by atoms with van der Waals surface area (Å²) in [5, 5.41) is 5.16. The van der Waals surface area contributed by atoms with Crippen molar-refractivity contribution in [2.75, 3.05) is 28.4 Å². The maximum atomic E-state index is 12.9. The minimum Gasteiger partial charge on any atom is -0.493 e. The number of hydrazone groups is 1. The number of hydrogen-bond donors (Lipinski definition) is 0. The molecule has 0 aromatic heterocycles. The number of nitrogens with zero attached hydrogens (tertiary/aromatic N) is 2. The zero-order valence-electron chi connectivity index (χ0n) is 20.8. The van der Waals surface area contributed by atoms with Crippen molar-refractivity contribution in [2.45, 2.75) is 6.42 Å². The number of amides is 2. The normalized spacial score (nSPS) is 23.5. The lowest BCUT2D eigenvalue weighted by atomic mass is 9.85. The van der Waals surface area contributed by atoms with Gasteiger partial charge in [0.15, 0.2) is 23.0 Å². The van der Waals surface area contributed by atoms with Crippen LogP contribution in [0.1, 0.15) is 22.3 Å². The number of allylic oxidation sites excluding steroid dienone is 2. The topological polar surface area (TPSA) is 113 Å². The number of imide groups is 1. The van der Waals surface area contributed by atoms with Gasteiger partial charge in [0.2, 0.25) is 5.75 Å². The summed E-state index contributed by atoms with van der Waals surface area (Å²) < 4.78 is 26.8.